The molecular weight excluding hydrogens is 512 g/mol. The maximum absolute atomic E-state index is 10.2. The van der Waals surface area contributed by atoms with Crippen molar-refractivity contribution in [3.63, 3.8) is 0 Å². The normalized spacial score (nSPS) is 13.2. The fourth-order valence-electron chi connectivity index (χ4n) is 4.55. The van der Waals surface area contributed by atoms with Crippen LogP contribution in [0.15, 0.2) is 109 Å². The topological polar surface area (TPSA) is 40.1 Å². The Morgan fingerprint density at radius 3 is 0.952 bits per heavy atom. The second kappa shape index (κ2) is 36.2. The van der Waals surface area contributed by atoms with Crippen molar-refractivity contribution in [3.05, 3.63) is 109 Å². The van der Waals surface area contributed by atoms with Crippen LogP contribution in [0.1, 0.15) is 135 Å². The molecule has 0 aromatic carbocycles. The molecule has 0 atom stereocenters. The van der Waals surface area contributed by atoms with Crippen LogP contribution in [0.2, 0.25) is 0 Å². The molecule has 0 saturated carbocycles. The number of carboxylic acid groups (broad SMARTS) is 1. The second-order valence-electron chi connectivity index (χ2n) is 11.0. The molecule has 0 aliphatic heterocycles. The molecule has 0 rings (SSSR count). The third-order valence-corrected chi connectivity index (χ3v) is 7.01. The minimum Gasteiger partial charge on any atom is -0.545 e. The molecule has 0 spiro atoms. The summed E-state index contributed by atoms with van der Waals surface area (Å²) in [4.78, 5) is 10.2. The molecule has 0 aliphatic rings. The Morgan fingerprint density at radius 1 is 0.381 bits per heavy atom. The van der Waals surface area contributed by atoms with Gasteiger partial charge in [0.2, 0.25) is 0 Å². The highest BCUT2D eigenvalue weighted by molar-refractivity contribution is 5.77. The van der Waals surface area contributed by atoms with Crippen molar-refractivity contribution in [1.82, 2.24) is 0 Å². The summed E-state index contributed by atoms with van der Waals surface area (Å²) in [5.41, 5.74) is 0. The van der Waals surface area contributed by atoms with E-state index in [9.17, 15) is 9.90 Å². The Morgan fingerprint density at radius 2 is 0.643 bits per heavy atom. The number of aliphatic carboxylic acids is 1. The van der Waals surface area contributed by atoms with E-state index in [2.05, 4.69) is 31.2 Å². The number of hydrogen-bond acceptors (Lipinski definition) is 2. The van der Waals surface area contributed by atoms with Gasteiger partial charge in [0.15, 0.2) is 0 Å². The lowest BCUT2D eigenvalue weighted by Crippen LogP contribution is -2.18. The summed E-state index contributed by atoms with van der Waals surface area (Å²) in [5.74, 6) is -1.19. The van der Waals surface area contributed by atoms with Crippen LogP contribution in [0.25, 0.3) is 0 Å². The largest absolute Gasteiger partial charge is 0.545 e. The average molecular weight is 574 g/mol. The van der Waals surface area contributed by atoms with Gasteiger partial charge in [-0.1, -0.05) is 226 Å². The van der Waals surface area contributed by atoms with Gasteiger partial charge in [-0.15, -0.1) is 0 Å². The van der Waals surface area contributed by atoms with E-state index in [0.29, 0.717) is 0 Å². The molecule has 0 N–H and O–H groups in total. The summed E-state index contributed by atoms with van der Waals surface area (Å²) in [6, 6.07) is 0. The Hall–Kier alpha value is -2.87. The van der Waals surface area contributed by atoms with Crippen LogP contribution in [0, 0.1) is 0 Å². The van der Waals surface area contributed by atoms with Crippen molar-refractivity contribution >= 4 is 5.97 Å². The second-order valence-corrected chi connectivity index (χ2v) is 11.0. The van der Waals surface area contributed by atoms with Gasteiger partial charge < -0.3 is 9.90 Å². The molecule has 0 bridgehead atoms. The van der Waals surface area contributed by atoms with E-state index in [-0.39, 0.29) is 0 Å². The minimum absolute atomic E-state index is 0.986. The summed E-state index contributed by atoms with van der Waals surface area (Å²) in [6.45, 7) is 2.29. The minimum atomic E-state index is -1.19. The number of carboxylic acids is 1. The monoisotopic (exact) mass is 573 g/mol. The van der Waals surface area contributed by atoms with Crippen LogP contribution >= 0.6 is 0 Å². The van der Waals surface area contributed by atoms with Crippen molar-refractivity contribution in [3.8, 4) is 0 Å². The standard InChI is InChI=1S/C40H62O2/c1-2-3-4-5-6-7-8-9-10-11-12-13-14-15-16-17-18-19-20-21-22-23-24-25-26-27-28-29-30-31-32-33-34-35-36-37-38-39-40(41)42/h22-39H,2-21H2,1H3,(H,41,42)/p-1/b23-22+,25-24+,27-26+,29-28+,31-30+,33-32+,35-34+,37-36+,39-38+. The molecular formula is C40H61O2-. The van der Waals surface area contributed by atoms with Gasteiger partial charge in [0.25, 0.3) is 0 Å². The number of rotatable bonds is 29. The van der Waals surface area contributed by atoms with Crippen molar-refractivity contribution < 1.29 is 9.90 Å². The van der Waals surface area contributed by atoms with Gasteiger partial charge in [-0.25, -0.2) is 0 Å². The third-order valence-electron chi connectivity index (χ3n) is 7.01. The fraction of sp³-hybridized carbons (Fsp3) is 0.525. The maximum atomic E-state index is 10.2. The molecule has 0 radical (unpaired) electrons. The number of carbonyl (C=O) groups excluding carboxylic acids is 1. The number of unbranched alkanes of at least 4 members (excludes halogenated alkanes) is 19. The predicted octanol–water partition coefficient (Wildman–Crippen LogP) is 11.6. The highest BCUT2D eigenvalue weighted by atomic mass is 16.4. The molecule has 234 valence electrons. The molecule has 0 unspecified atom stereocenters. The third kappa shape index (κ3) is 37.1. The molecule has 0 saturated heterocycles. The zero-order chi connectivity index (χ0) is 30.4. The first kappa shape index (κ1) is 39.1. The van der Waals surface area contributed by atoms with Crippen LogP contribution in [-0.4, -0.2) is 5.97 Å². The maximum Gasteiger partial charge on any atom is 0.0642 e. The lowest BCUT2D eigenvalue weighted by molar-refractivity contribution is -0.297. The predicted molar refractivity (Wildman–Crippen MR) is 185 cm³/mol. The first-order valence-corrected chi connectivity index (χ1v) is 17.0. The lowest BCUT2D eigenvalue weighted by Gasteiger charge is -2.03. The Labute approximate surface area is 260 Å². The van der Waals surface area contributed by atoms with Crippen LogP contribution < -0.4 is 5.11 Å². The fourth-order valence-corrected chi connectivity index (χ4v) is 4.55. The Bertz CT molecular complexity index is 845. The number of allylic oxidation sites excluding steroid dienone is 17. The van der Waals surface area contributed by atoms with Crippen LogP contribution in [-0.2, 0) is 4.79 Å². The van der Waals surface area contributed by atoms with Gasteiger partial charge in [-0.2, -0.15) is 0 Å². The zero-order valence-electron chi connectivity index (χ0n) is 26.9. The Kier molecular flexibility index (Phi) is 33.7. The van der Waals surface area contributed by atoms with E-state index in [4.69, 9.17) is 0 Å². The van der Waals surface area contributed by atoms with Crippen LogP contribution in [0.4, 0.5) is 0 Å². The molecule has 0 amide bonds. The van der Waals surface area contributed by atoms with Crippen molar-refractivity contribution in [1.29, 1.82) is 0 Å². The average Bonchev–Trinajstić information content (AvgIpc) is 2.98. The smallest absolute Gasteiger partial charge is 0.0642 e. The quantitative estimate of drug-likeness (QED) is 0.0507. The first-order chi connectivity index (χ1) is 20.8. The van der Waals surface area contributed by atoms with Gasteiger partial charge in [0.1, 0.15) is 0 Å². The van der Waals surface area contributed by atoms with Crippen molar-refractivity contribution in [2.45, 2.75) is 135 Å². The molecule has 2 heteroatoms. The van der Waals surface area contributed by atoms with E-state index in [1.54, 1.807) is 12.2 Å². The van der Waals surface area contributed by atoms with Crippen LogP contribution in [0.5, 0.6) is 0 Å². The summed E-state index contributed by atoms with van der Waals surface area (Å²) >= 11 is 0. The van der Waals surface area contributed by atoms with Crippen LogP contribution in [0.3, 0.4) is 0 Å². The highest BCUT2D eigenvalue weighted by Gasteiger charge is 1.95. The van der Waals surface area contributed by atoms with Gasteiger partial charge in [-0.3, -0.25) is 0 Å². The molecule has 0 aromatic rings. The van der Waals surface area contributed by atoms with Crippen molar-refractivity contribution in [2.75, 3.05) is 0 Å². The molecule has 0 fully saturated rings. The number of carbonyl (C=O) groups is 1. The molecule has 0 aromatic heterocycles. The number of hydrogen-bond donors (Lipinski definition) is 0. The molecule has 0 heterocycles. The van der Waals surface area contributed by atoms with E-state index in [1.165, 1.54) is 134 Å². The van der Waals surface area contributed by atoms with Gasteiger partial charge >= 0.3 is 0 Å². The van der Waals surface area contributed by atoms with E-state index < -0.39 is 5.97 Å². The SMILES string of the molecule is CCCCCCCCCCCCCCCCCCCCC/C=C/C=C/C=C/C=C/C=C/C=C/C=C/C=C/C=C/C(=O)[O-]. The van der Waals surface area contributed by atoms with E-state index >= 15 is 0 Å². The molecule has 2 nitrogen and oxygen atoms in total. The van der Waals surface area contributed by atoms with E-state index in [1.807, 2.05) is 60.8 Å². The summed E-state index contributed by atoms with van der Waals surface area (Å²) < 4.78 is 0. The summed E-state index contributed by atoms with van der Waals surface area (Å²) in [6.07, 6.45) is 62.2. The molecule has 0 aliphatic carbocycles. The summed E-state index contributed by atoms with van der Waals surface area (Å²) in [5, 5.41) is 10.2. The molecule has 42 heavy (non-hydrogen) atoms. The van der Waals surface area contributed by atoms with E-state index in [0.717, 1.165) is 6.08 Å². The van der Waals surface area contributed by atoms with Gasteiger partial charge in [0.05, 0.1) is 5.97 Å². The highest BCUT2D eigenvalue weighted by Crippen LogP contribution is 2.14. The lowest BCUT2D eigenvalue weighted by atomic mass is 10.0. The van der Waals surface area contributed by atoms with Crippen molar-refractivity contribution in [2.24, 2.45) is 0 Å². The zero-order valence-corrected chi connectivity index (χ0v) is 26.9. The van der Waals surface area contributed by atoms with Gasteiger partial charge in [0, 0.05) is 0 Å². The Balaban J connectivity index is 3.46. The summed E-state index contributed by atoms with van der Waals surface area (Å²) in [7, 11) is 0. The first-order valence-electron chi connectivity index (χ1n) is 17.0. The van der Waals surface area contributed by atoms with Gasteiger partial charge in [-0.05, 0) is 18.9 Å².